The zero-order chi connectivity index (χ0) is 9.03. The molecule has 1 fully saturated rings. The third-order valence-corrected chi connectivity index (χ3v) is 2.82. The van der Waals surface area contributed by atoms with E-state index in [0.29, 0.717) is 5.54 Å². The maximum Gasteiger partial charge on any atom is 0.0153 e. The van der Waals surface area contributed by atoms with Gasteiger partial charge in [-0.1, -0.05) is 12.8 Å². The van der Waals surface area contributed by atoms with Crippen molar-refractivity contribution >= 4 is 0 Å². The van der Waals surface area contributed by atoms with E-state index in [1.54, 1.807) is 0 Å². The van der Waals surface area contributed by atoms with Gasteiger partial charge < -0.3 is 10.2 Å². The molecule has 1 aliphatic carbocycles. The van der Waals surface area contributed by atoms with Gasteiger partial charge in [-0.2, -0.15) is 0 Å². The summed E-state index contributed by atoms with van der Waals surface area (Å²) in [5.41, 5.74) is 0.454. The van der Waals surface area contributed by atoms with E-state index in [2.05, 4.69) is 31.2 Å². The fraction of sp³-hybridized carbons (Fsp3) is 1.00. The zero-order valence-corrected chi connectivity index (χ0v) is 8.69. The van der Waals surface area contributed by atoms with E-state index >= 15 is 0 Å². The van der Waals surface area contributed by atoms with Gasteiger partial charge in [0.2, 0.25) is 0 Å². The molecule has 1 saturated carbocycles. The van der Waals surface area contributed by atoms with Gasteiger partial charge in [-0.25, -0.2) is 0 Å². The highest BCUT2D eigenvalue weighted by Gasteiger charge is 2.27. The second-order valence-electron chi connectivity index (χ2n) is 4.50. The fourth-order valence-electron chi connectivity index (χ4n) is 1.91. The Hall–Kier alpha value is -0.0800. The fourth-order valence-corrected chi connectivity index (χ4v) is 1.91. The second-order valence-corrected chi connectivity index (χ2v) is 4.50. The van der Waals surface area contributed by atoms with Gasteiger partial charge in [-0.15, -0.1) is 0 Å². The summed E-state index contributed by atoms with van der Waals surface area (Å²) < 4.78 is 0. The van der Waals surface area contributed by atoms with Crippen LogP contribution < -0.4 is 5.32 Å². The first kappa shape index (κ1) is 10.0. The van der Waals surface area contributed by atoms with Crippen molar-refractivity contribution in [3.05, 3.63) is 0 Å². The molecule has 12 heavy (non-hydrogen) atoms. The van der Waals surface area contributed by atoms with Crippen molar-refractivity contribution in [2.45, 2.75) is 38.1 Å². The van der Waals surface area contributed by atoms with E-state index < -0.39 is 0 Å². The quantitative estimate of drug-likeness (QED) is 0.687. The molecule has 0 unspecified atom stereocenters. The van der Waals surface area contributed by atoms with Crippen LogP contribution in [0.5, 0.6) is 0 Å². The van der Waals surface area contributed by atoms with Gasteiger partial charge in [0, 0.05) is 18.6 Å². The van der Waals surface area contributed by atoms with Gasteiger partial charge in [-0.3, -0.25) is 0 Å². The maximum atomic E-state index is 3.65. The molecule has 72 valence electrons. The molecular formula is C10H22N2. The smallest absolute Gasteiger partial charge is 0.0153 e. The average Bonchev–Trinajstić information content (AvgIpc) is 2.35. The van der Waals surface area contributed by atoms with E-state index in [-0.39, 0.29) is 0 Å². The molecule has 0 radical (unpaired) electrons. The molecule has 0 bridgehead atoms. The van der Waals surface area contributed by atoms with Crippen LogP contribution in [0.4, 0.5) is 0 Å². The summed E-state index contributed by atoms with van der Waals surface area (Å²) in [5.74, 6) is 0. The van der Waals surface area contributed by atoms with Gasteiger partial charge in [-0.05, 0) is 33.9 Å². The molecule has 0 heterocycles. The molecule has 0 aliphatic heterocycles. The van der Waals surface area contributed by atoms with Crippen molar-refractivity contribution in [2.75, 3.05) is 27.2 Å². The van der Waals surface area contributed by atoms with Gasteiger partial charge in [0.25, 0.3) is 0 Å². The largest absolute Gasteiger partial charge is 0.310 e. The molecule has 0 spiro atoms. The maximum absolute atomic E-state index is 3.65. The van der Waals surface area contributed by atoms with Crippen molar-refractivity contribution in [1.29, 1.82) is 0 Å². The Labute approximate surface area is 76.3 Å². The molecule has 1 aliphatic rings. The molecule has 2 nitrogen and oxygen atoms in total. The number of rotatable bonds is 4. The standard InChI is InChI=1S/C10H22N2/c1-10(6-4-5-7-10)11-8-9-12(2)3/h11H,4-9H2,1-3H3. The summed E-state index contributed by atoms with van der Waals surface area (Å²) in [6.45, 7) is 4.63. The third-order valence-electron chi connectivity index (χ3n) is 2.82. The van der Waals surface area contributed by atoms with Crippen LogP contribution in [0.25, 0.3) is 0 Å². The highest BCUT2D eigenvalue weighted by Crippen LogP contribution is 2.28. The molecule has 0 atom stereocenters. The van der Waals surface area contributed by atoms with E-state index in [1.165, 1.54) is 25.7 Å². The van der Waals surface area contributed by atoms with Crippen molar-refractivity contribution < 1.29 is 0 Å². The lowest BCUT2D eigenvalue weighted by atomic mass is 10.0. The van der Waals surface area contributed by atoms with Crippen LogP contribution >= 0.6 is 0 Å². The Bertz CT molecular complexity index is 126. The number of nitrogens with one attached hydrogen (secondary N) is 1. The van der Waals surface area contributed by atoms with E-state index in [1.807, 2.05) is 0 Å². The molecule has 2 heteroatoms. The summed E-state index contributed by atoms with van der Waals surface area (Å²) in [5, 5.41) is 3.65. The van der Waals surface area contributed by atoms with E-state index in [9.17, 15) is 0 Å². The zero-order valence-electron chi connectivity index (χ0n) is 8.69. The summed E-state index contributed by atoms with van der Waals surface area (Å²) in [6, 6.07) is 0. The Morgan fingerprint density at radius 1 is 1.25 bits per heavy atom. The van der Waals surface area contributed by atoms with E-state index in [0.717, 1.165) is 13.1 Å². The average molecular weight is 170 g/mol. The molecule has 0 saturated heterocycles. The Balaban J connectivity index is 2.13. The van der Waals surface area contributed by atoms with Crippen LogP contribution in [0, 0.1) is 0 Å². The van der Waals surface area contributed by atoms with E-state index in [4.69, 9.17) is 0 Å². The topological polar surface area (TPSA) is 15.3 Å². The minimum absolute atomic E-state index is 0.454. The summed E-state index contributed by atoms with van der Waals surface area (Å²) in [4.78, 5) is 2.23. The van der Waals surface area contributed by atoms with Gasteiger partial charge in [0.05, 0.1) is 0 Å². The molecular weight excluding hydrogens is 148 g/mol. The number of likely N-dealkylation sites (N-methyl/N-ethyl adjacent to an activating group) is 1. The van der Waals surface area contributed by atoms with Crippen molar-refractivity contribution in [3.8, 4) is 0 Å². The summed E-state index contributed by atoms with van der Waals surface area (Å²) in [6.07, 6.45) is 5.54. The SMILES string of the molecule is CN(C)CCNC1(C)CCCC1. The molecule has 1 N–H and O–H groups in total. The molecule has 0 amide bonds. The lowest BCUT2D eigenvalue weighted by molar-refractivity contribution is 0.325. The first-order valence-electron chi connectivity index (χ1n) is 5.02. The molecule has 0 aromatic heterocycles. The van der Waals surface area contributed by atoms with Crippen LogP contribution in [0.3, 0.4) is 0 Å². The number of hydrogen-bond donors (Lipinski definition) is 1. The van der Waals surface area contributed by atoms with Crippen LogP contribution in [0.1, 0.15) is 32.6 Å². The highest BCUT2D eigenvalue weighted by molar-refractivity contribution is 4.87. The summed E-state index contributed by atoms with van der Waals surface area (Å²) in [7, 11) is 4.25. The predicted octanol–water partition coefficient (Wildman–Crippen LogP) is 1.47. The van der Waals surface area contributed by atoms with Gasteiger partial charge in [0.1, 0.15) is 0 Å². The predicted molar refractivity (Wildman–Crippen MR) is 53.4 cm³/mol. The van der Waals surface area contributed by atoms with Crippen LogP contribution in [-0.2, 0) is 0 Å². The van der Waals surface area contributed by atoms with Crippen LogP contribution in [-0.4, -0.2) is 37.6 Å². The minimum Gasteiger partial charge on any atom is -0.310 e. The highest BCUT2D eigenvalue weighted by atomic mass is 15.1. The monoisotopic (exact) mass is 170 g/mol. The second kappa shape index (κ2) is 4.24. The lowest BCUT2D eigenvalue weighted by Crippen LogP contribution is -2.42. The Kier molecular flexibility index (Phi) is 3.53. The number of nitrogens with zero attached hydrogens (tertiary/aromatic N) is 1. The Morgan fingerprint density at radius 2 is 1.83 bits per heavy atom. The Morgan fingerprint density at radius 3 is 2.33 bits per heavy atom. The molecule has 1 rings (SSSR count). The van der Waals surface area contributed by atoms with Crippen molar-refractivity contribution in [3.63, 3.8) is 0 Å². The third kappa shape index (κ3) is 3.11. The van der Waals surface area contributed by atoms with Gasteiger partial charge >= 0.3 is 0 Å². The number of hydrogen-bond acceptors (Lipinski definition) is 2. The van der Waals surface area contributed by atoms with Gasteiger partial charge in [0.15, 0.2) is 0 Å². The summed E-state index contributed by atoms with van der Waals surface area (Å²) >= 11 is 0. The van der Waals surface area contributed by atoms with Crippen LogP contribution in [0.2, 0.25) is 0 Å². The lowest BCUT2D eigenvalue weighted by Gasteiger charge is -2.26. The van der Waals surface area contributed by atoms with Crippen LogP contribution in [0.15, 0.2) is 0 Å². The first-order valence-corrected chi connectivity index (χ1v) is 5.02. The first-order chi connectivity index (χ1) is 5.62. The normalized spacial score (nSPS) is 22.0. The minimum atomic E-state index is 0.454. The van der Waals surface area contributed by atoms with Crippen molar-refractivity contribution in [2.24, 2.45) is 0 Å². The molecule has 0 aromatic rings. The molecule has 0 aromatic carbocycles. The van der Waals surface area contributed by atoms with Crippen molar-refractivity contribution in [1.82, 2.24) is 10.2 Å².